The van der Waals surface area contributed by atoms with E-state index in [1.165, 1.54) is 18.2 Å². The molecule has 0 heterocycles. The van der Waals surface area contributed by atoms with Crippen LogP contribution in [0.2, 0.25) is 10.0 Å². The minimum atomic E-state index is -0.373. The molecule has 0 saturated heterocycles. The van der Waals surface area contributed by atoms with E-state index in [1.807, 2.05) is 24.3 Å². The molecule has 0 atom stereocenters. The van der Waals surface area contributed by atoms with Crippen LogP contribution in [0.4, 0.5) is 22.7 Å². The van der Waals surface area contributed by atoms with Crippen LogP contribution in [-0.2, 0) is 4.79 Å². The number of nitrogen functional groups attached to an aromatic ring is 1. The van der Waals surface area contributed by atoms with Gasteiger partial charge in [0.05, 0.1) is 42.7 Å². The van der Waals surface area contributed by atoms with Crippen LogP contribution in [0.3, 0.4) is 0 Å². The van der Waals surface area contributed by atoms with E-state index in [-0.39, 0.29) is 5.91 Å². The number of carbonyl (C=O) groups is 1. The summed E-state index contributed by atoms with van der Waals surface area (Å²) >= 11 is 11.9. The van der Waals surface area contributed by atoms with Crippen LogP contribution in [0.5, 0.6) is 17.2 Å². The SMILES string of the molecule is COc1cc(Nc2ccccc2/C=C/C(=O)Nc2cc(Cl)c(Cl)cc2N)cc(OC)c1OC. The molecule has 0 aliphatic rings. The lowest BCUT2D eigenvalue weighted by Gasteiger charge is -2.16. The number of rotatable bonds is 8. The van der Waals surface area contributed by atoms with Crippen LogP contribution in [0.15, 0.2) is 54.6 Å². The molecule has 0 bridgehead atoms. The largest absolute Gasteiger partial charge is 0.493 e. The molecule has 0 aliphatic heterocycles. The zero-order valence-electron chi connectivity index (χ0n) is 18.2. The van der Waals surface area contributed by atoms with Gasteiger partial charge < -0.3 is 30.6 Å². The molecule has 9 heteroatoms. The minimum Gasteiger partial charge on any atom is -0.493 e. The second-order valence-corrected chi connectivity index (χ2v) is 7.62. The molecule has 4 N–H and O–H groups in total. The Morgan fingerprint density at radius 1 is 0.909 bits per heavy atom. The summed E-state index contributed by atoms with van der Waals surface area (Å²) in [5.41, 5.74) is 8.87. The van der Waals surface area contributed by atoms with Gasteiger partial charge in [0.25, 0.3) is 0 Å². The maximum atomic E-state index is 12.4. The Bertz CT molecular complexity index is 1170. The van der Waals surface area contributed by atoms with Gasteiger partial charge in [0.2, 0.25) is 11.7 Å². The fraction of sp³-hybridized carbons (Fsp3) is 0.125. The number of para-hydroxylation sites is 1. The molecule has 33 heavy (non-hydrogen) atoms. The van der Waals surface area contributed by atoms with E-state index in [2.05, 4.69) is 10.6 Å². The number of methoxy groups -OCH3 is 3. The maximum Gasteiger partial charge on any atom is 0.248 e. The number of carbonyl (C=O) groups excluding carboxylic acids is 1. The highest BCUT2D eigenvalue weighted by Gasteiger charge is 2.14. The minimum absolute atomic E-state index is 0.296. The molecule has 7 nitrogen and oxygen atoms in total. The summed E-state index contributed by atoms with van der Waals surface area (Å²) in [4.78, 5) is 12.4. The first-order valence-corrected chi connectivity index (χ1v) is 10.5. The number of anilines is 4. The van der Waals surface area contributed by atoms with Crippen molar-refractivity contribution >= 4 is 57.9 Å². The highest BCUT2D eigenvalue weighted by Crippen LogP contribution is 2.41. The van der Waals surface area contributed by atoms with E-state index in [0.717, 1.165) is 16.9 Å². The average Bonchev–Trinajstić information content (AvgIpc) is 2.81. The van der Waals surface area contributed by atoms with E-state index in [0.29, 0.717) is 38.7 Å². The Morgan fingerprint density at radius 2 is 1.55 bits per heavy atom. The maximum absolute atomic E-state index is 12.4. The summed E-state index contributed by atoms with van der Waals surface area (Å²) < 4.78 is 16.2. The van der Waals surface area contributed by atoms with Gasteiger partial charge in [-0.2, -0.15) is 0 Å². The fourth-order valence-corrected chi connectivity index (χ4v) is 3.41. The molecular weight excluding hydrogens is 465 g/mol. The van der Waals surface area contributed by atoms with Crippen molar-refractivity contribution in [2.45, 2.75) is 0 Å². The lowest BCUT2D eigenvalue weighted by atomic mass is 10.1. The van der Waals surface area contributed by atoms with Crippen LogP contribution < -0.4 is 30.6 Å². The number of amides is 1. The quantitative estimate of drug-likeness (QED) is 0.266. The molecule has 0 unspecified atom stereocenters. The predicted molar refractivity (Wildman–Crippen MR) is 134 cm³/mol. The molecule has 0 radical (unpaired) electrons. The Balaban J connectivity index is 1.82. The number of hydrogen-bond acceptors (Lipinski definition) is 6. The van der Waals surface area contributed by atoms with Gasteiger partial charge in [-0.05, 0) is 29.8 Å². The molecule has 0 aliphatic carbocycles. The smallest absolute Gasteiger partial charge is 0.248 e. The van der Waals surface area contributed by atoms with Gasteiger partial charge in [0.1, 0.15) is 0 Å². The molecule has 0 fully saturated rings. The number of benzene rings is 3. The van der Waals surface area contributed by atoms with Crippen LogP contribution in [0.25, 0.3) is 6.08 Å². The van der Waals surface area contributed by atoms with E-state index in [1.54, 1.807) is 39.5 Å². The molecule has 3 rings (SSSR count). The number of hydrogen-bond donors (Lipinski definition) is 3. The Labute approximate surface area is 202 Å². The van der Waals surface area contributed by atoms with E-state index >= 15 is 0 Å². The number of nitrogens with two attached hydrogens (primary N) is 1. The molecular formula is C24H23Cl2N3O4. The Morgan fingerprint density at radius 3 is 2.18 bits per heavy atom. The molecule has 0 aromatic heterocycles. The third kappa shape index (κ3) is 5.83. The van der Waals surface area contributed by atoms with Gasteiger partial charge in [-0.3, -0.25) is 4.79 Å². The van der Waals surface area contributed by atoms with Crippen LogP contribution in [-0.4, -0.2) is 27.2 Å². The van der Waals surface area contributed by atoms with Gasteiger partial charge in [0, 0.05) is 29.6 Å². The second-order valence-electron chi connectivity index (χ2n) is 6.80. The second kappa shape index (κ2) is 10.8. The summed E-state index contributed by atoms with van der Waals surface area (Å²) in [5.74, 6) is 1.16. The van der Waals surface area contributed by atoms with E-state index < -0.39 is 0 Å². The standard InChI is InChI=1S/C24H23Cl2N3O4/c1-31-21-10-15(11-22(32-2)24(21)33-3)28-19-7-5-4-6-14(19)8-9-23(30)29-20-13-17(26)16(25)12-18(20)27/h4-13,28H,27H2,1-3H3,(H,29,30)/b9-8+. The summed E-state index contributed by atoms with van der Waals surface area (Å²) in [7, 11) is 4.65. The van der Waals surface area contributed by atoms with Crippen molar-refractivity contribution in [2.24, 2.45) is 0 Å². The third-order valence-electron chi connectivity index (χ3n) is 4.67. The molecule has 3 aromatic rings. The zero-order valence-corrected chi connectivity index (χ0v) is 19.8. The summed E-state index contributed by atoms with van der Waals surface area (Å²) in [6, 6.07) is 14.1. The first-order chi connectivity index (χ1) is 15.9. The van der Waals surface area contributed by atoms with Crippen LogP contribution >= 0.6 is 23.2 Å². The first kappa shape index (κ1) is 24.1. The average molecular weight is 488 g/mol. The molecule has 0 saturated carbocycles. The third-order valence-corrected chi connectivity index (χ3v) is 5.39. The Kier molecular flexibility index (Phi) is 7.92. The Hall–Kier alpha value is -3.55. The van der Waals surface area contributed by atoms with Gasteiger partial charge >= 0.3 is 0 Å². The van der Waals surface area contributed by atoms with E-state index in [4.69, 9.17) is 43.1 Å². The first-order valence-electron chi connectivity index (χ1n) is 9.76. The summed E-state index contributed by atoms with van der Waals surface area (Å²) in [6.45, 7) is 0. The van der Waals surface area contributed by atoms with Crippen LogP contribution in [0.1, 0.15) is 5.56 Å². The zero-order chi connectivity index (χ0) is 24.0. The van der Waals surface area contributed by atoms with Crippen molar-refractivity contribution < 1.29 is 19.0 Å². The monoisotopic (exact) mass is 487 g/mol. The van der Waals surface area contributed by atoms with Crippen molar-refractivity contribution in [2.75, 3.05) is 37.7 Å². The lowest BCUT2D eigenvalue weighted by Crippen LogP contribution is -2.09. The van der Waals surface area contributed by atoms with Gasteiger partial charge in [0.15, 0.2) is 11.5 Å². The van der Waals surface area contributed by atoms with Crippen molar-refractivity contribution in [1.82, 2.24) is 0 Å². The van der Waals surface area contributed by atoms with Crippen LogP contribution in [0, 0.1) is 0 Å². The molecule has 0 spiro atoms. The van der Waals surface area contributed by atoms with Gasteiger partial charge in [-0.15, -0.1) is 0 Å². The summed E-state index contributed by atoms with van der Waals surface area (Å²) in [5, 5.41) is 6.63. The number of halogens is 2. The normalized spacial score (nSPS) is 10.7. The highest BCUT2D eigenvalue weighted by atomic mass is 35.5. The van der Waals surface area contributed by atoms with Crippen molar-refractivity contribution in [1.29, 1.82) is 0 Å². The number of ether oxygens (including phenoxy) is 3. The van der Waals surface area contributed by atoms with E-state index in [9.17, 15) is 4.79 Å². The fourth-order valence-electron chi connectivity index (χ4n) is 3.08. The topological polar surface area (TPSA) is 94.8 Å². The highest BCUT2D eigenvalue weighted by molar-refractivity contribution is 6.42. The predicted octanol–water partition coefficient (Wildman–Crippen LogP) is 6.00. The van der Waals surface area contributed by atoms with Crippen molar-refractivity contribution in [3.63, 3.8) is 0 Å². The molecule has 172 valence electrons. The van der Waals surface area contributed by atoms with Gasteiger partial charge in [-0.25, -0.2) is 0 Å². The molecule has 3 aromatic carbocycles. The molecule has 1 amide bonds. The number of nitrogens with one attached hydrogen (secondary N) is 2. The van der Waals surface area contributed by atoms with Gasteiger partial charge in [-0.1, -0.05) is 41.4 Å². The van der Waals surface area contributed by atoms with Crippen molar-refractivity contribution in [3.05, 3.63) is 70.2 Å². The summed E-state index contributed by atoms with van der Waals surface area (Å²) in [6.07, 6.45) is 3.08. The lowest BCUT2D eigenvalue weighted by molar-refractivity contribution is -0.111. The van der Waals surface area contributed by atoms with Crippen molar-refractivity contribution in [3.8, 4) is 17.2 Å².